The van der Waals surface area contributed by atoms with Gasteiger partial charge in [-0.05, 0) is 46.7 Å². The number of rotatable bonds is 5. The van der Waals surface area contributed by atoms with Crippen molar-refractivity contribution >= 4 is 50.4 Å². The minimum atomic E-state index is -0.890. The lowest BCUT2D eigenvalue weighted by Gasteiger charge is -2.17. The van der Waals surface area contributed by atoms with Crippen molar-refractivity contribution < 1.29 is 14.7 Å². The Hall–Kier alpha value is -0.630. The van der Waals surface area contributed by atoms with Gasteiger partial charge < -0.3 is 10.4 Å². The highest BCUT2D eigenvalue weighted by molar-refractivity contribution is 14.1. The van der Waals surface area contributed by atoms with Gasteiger partial charge in [-0.2, -0.15) is 0 Å². The Bertz CT molecular complexity index is 491. The summed E-state index contributed by atoms with van der Waals surface area (Å²) < 4.78 is 1.64. The number of carbonyl (C=O) groups excluding carboxylic acids is 1. The molecule has 0 aromatic heterocycles. The summed E-state index contributed by atoms with van der Waals surface area (Å²) in [6.07, 6.45) is 0. The number of carbonyl (C=O) groups is 2. The molecule has 1 unspecified atom stereocenters. The summed E-state index contributed by atoms with van der Waals surface area (Å²) in [5.41, 5.74) is 0.544. The molecule has 19 heavy (non-hydrogen) atoms. The Balaban J connectivity index is 2.75. The second-order valence-corrected chi connectivity index (χ2v) is 6.60. The molecule has 0 heterocycles. The molecule has 0 radical (unpaired) electrons. The van der Waals surface area contributed by atoms with Crippen LogP contribution < -0.4 is 5.32 Å². The van der Waals surface area contributed by atoms with Crippen LogP contribution in [-0.2, 0) is 4.79 Å². The van der Waals surface area contributed by atoms with Crippen LogP contribution in [0.25, 0.3) is 0 Å². The number of benzene rings is 1. The fourth-order valence-electron chi connectivity index (χ4n) is 1.58. The van der Waals surface area contributed by atoms with E-state index in [1.54, 1.807) is 6.07 Å². The summed E-state index contributed by atoms with van der Waals surface area (Å²) in [6.45, 7) is 3.79. The largest absolute Gasteiger partial charge is 0.481 e. The van der Waals surface area contributed by atoms with E-state index in [9.17, 15) is 9.59 Å². The smallest absolute Gasteiger partial charge is 0.308 e. The molecule has 2 N–H and O–H groups in total. The van der Waals surface area contributed by atoms with Crippen LogP contribution in [0.15, 0.2) is 22.7 Å². The third kappa shape index (κ3) is 4.76. The molecule has 0 aliphatic carbocycles. The number of hydrogen-bond donors (Lipinski definition) is 2. The SMILES string of the molecule is CC(C)C(CNC(=O)c1cc(Br)ccc1I)C(=O)O. The first kappa shape index (κ1) is 16.4. The van der Waals surface area contributed by atoms with Crippen LogP contribution in [0.3, 0.4) is 0 Å². The van der Waals surface area contributed by atoms with Gasteiger partial charge in [0.1, 0.15) is 0 Å². The van der Waals surface area contributed by atoms with Crippen LogP contribution in [0.2, 0.25) is 0 Å². The highest BCUT2D eigenvalue weighted by atomic mass is 127. The molecule has 1 aromatic carbocycles. The lowest BCUT2D eigenvalue weighted by Crippen LogP contribution is -2.35. The molecular weight excluding hydrogens is 425 g/mol. The summed E-state index contributed by atoms with van der Waals surface area (Å²) in [6, 6.07) is 5.41. The average molecular weight is 440 g/mol. The Labute approximate surface area is 134 Å². The van der Waals surface area contributed by atoms with E-state index in [4.69, 9.17) is 5.11 Å². The first-order chi connectivity index (χ1) is 8.82. The van der Waals surface area contributed by atoms with Crippen molar-refractivity contribution in [1.29, 1.82) is 0 Å². The van der Waals surface area contributed by atoms with Gasteiger partial charge in [-0.15, -0.1) is 0 Å². The van der Waals surface area contributed by atoms with Crippen molar-refractivity contribution in [2.24, 2.45) is 11.8 Å². The van der Waals surface area contributed by atoms with E-state index < -0.39 is 11.9 Å². The number of hydrogen-bond acceptors (Lipinski definition) is 2. The fourth-order valence-corrected chi connectivity index (χ4v) is 2.52. The fraction of sp³-hybridized carbons (Fsp3) is 0.385. The molecule has 1 aromatic rings. The molecule has 0 saturated heterocycles. The lowest BCUT2D eigenvalue weighted by molar-refractivity contribution is -0.142. The molecule has 4 nitrogen and oxygen atoms in total. The molecule has 0 aliphatic heterocycles. The summed E-state index contributed by atoms with van der Waals surface area (Å²) >= 11 is 5.39. The third-order valence-electron chi connectivity index (χ3n) is 2.78. The molecule has 1 atom stereocenters. The van der Waals surface area contributed by atoms with Crippen LogP contribution in [0.4, 0.5) is 0 Å². The van der Waals surface area contributed by atoms with Crippen molar-refractivity contribution in [2.45, 2.75) is 13.8 Å². The number of carboxylic acid groups (broad SMARTS) is 1. The molecule has 104 valence electrons. The van der Waals surface area contributed by atoms with E-state index in [1.165, 1.54) is 0 Å². The van der Waals surface area contributed by atoms with Gasteiger partial charge in [0.2, 0.25) is 0 Å². The van der Waals surface area contributed by atoms with Crippen LogP contribution in [0.1, 0.15) is 24.2 Å². The van der Waals surface area contributed by atoms with Gasteiger partial charge in [-0.25, -0.2) is 0 Å². The molecule has 1 rings (SSSR count). The van der Waals surface area contributed by atoms with Gasteiger partial charge in [-0.3, -0.25) is 9.59 Å². The minimum Gasteiger partial charge on any atom is -0.481 e. The number of aliphatic carboxylic acids is 1. The van der Waals surface area contributed by atoms with Gasteiger partial charge in [-0.1, -0.05) is 29.8 Å². The topological polar surface area (TPSA) is 66.4 Å². The number of nitrogens with one attached hydrogen (secondary N) is 1. The van der Waals surface area contributed by atoms with E-state index in [2.05, 4.69) is 43.8 Å². The minimum absolute atomic E-state index is 0.0284. The van der Waals surface area contributed by atoms with Gasteiger partial charge in [0.15, 0.2) is 0 Å². The van der Waals surface area contributed by atoms with E-state index in [0.717, 1.165) is 8.04 Å². The quantitative estimate of drug-likeness (QED) is 0.692. The molecular formula is C13H15BrINO3. The molecule has 0 aliphatic rings. The van der Waals surface area contributed by atoms with E-state index >= 15 is 0 Å². The van der Waals surface area contributed by atoms with Crippen molar-refractivity contribution in [1.82, 2.24) is 5.32 Å². The lowest BCUT2D eigenvalue weighted by atomic mass is 9.96. The standard InChI is InChI=1S/C13H15BrINO3/c1-7(2)10(13(18)19)6-16-12(17)9-5-8(14)3-4-11(9)15/h3-5,7,10H,6H2,1-2H3,(H,16,17)(H,18,19). The van der Waals surface area contributed by atoms with Crippen LogP contribution in [0, 0.1) is 15.4 Å². The molecule has 0 fully saturated rings. The maximum atomic E-state index is 12.0. The molecule has 0 spiro atoms. The molecule has 6 heteroatoms. The Kier molecular flexibility index (Phi) is 6.25. The zero-order valence-electron chi connectivity index (χ0n) is 10.6. The number of halogens is 2. The summed E-state index contributed by atoms with van der Waals surface area (Å²) in [7, 11) is 0. The van der Waals surface area contributed by atoms with Crippen molar-refractivity contribution in [3.63, 3.8) is 0 Å². The molecule has 0 saturated carbocycles. The predicted octanol–water partition coefficient (Wildman–Crippen LogP) is 3.14. The Morgan fingerprint density at radius 1 is 1.42 bits per heavy atom. The molecule has 0 bridgehead atoms. The summed E-state index contributed by atoms with van der Waals surface area (Å²) in [5.74, 6) is -1.75. The highest BCUT2D eigenvalue weighted by Crippen LogP contribution is 2.18. The average Bonchev–Trinajstić information content (AvgIpc) is 2.31. The van der Waals surface area contributed by atoms with E-state index in [0.29, 0.717) is 5.56 Å². The second kappa shape index (κ2) is 7.23. The monoisotopic (exact) mass is 439 g/mol. The maximum Gasteiger partial charge on any atom is 0.308 e. The van der Waals surface area contributed by atoms with Crippen LogP contribution in [-0.4, -0.2) is 23.5 Å². The first-order valence-electron chi connectivity index (χ1n) is 5.79. The first-order valence-corrected chi connectivity index (χ1v) is 7.66. The highest BCUT2D eigenvalue weighted by Gasteiger charge is 2.22. The van der Waals surface area contributed by atoms with Crippen LogP contribution >= 0.6 is 38.5 Å². The predicted molar refractivity (Wildman–Crippen MR) is 85.2 cm³/mol. The second-order valence-electron chi connectivity index (χ2n) is 4.52. The zero-order valence-corrected chi connectivity index (χ0v) is 14.4. The van der Waals surface area contributed by atoms with Gasteiger partial charge in [0, 0.05) is 14.6 Å². The van der Waals surface area contributed by atoms with Crippen LogP contribution in [0.5, 0.6) is 0 Å². The maximum absolute atomic E-state index is 12.0. The summed E-state index contributed by atoms with van der Waals surface area (Å²) in [4.78, 5) is 23.1. The normalized spacial score (nSPS) is 12.3. The molecule has 1 amide bonds. The van der Waals surface area contributed by atoms with Gasteiger partial charge in [0.05, 0.1) is 11.5 Å². The van der Waals surface area contributed by atoms with E-state index in [-0.39, 0.29) is 18.4 Å². The zero-order chi connectivity index (χ0) is 14.6. The summed E-state index contributed by atoms with van der Waals surface area (Å²) in [5, 5.41) is 11.7. The third-order valence-corrected chi connectivity index (χ3v) is 4.21. The number of amides is 1. The van der Waals surface area contributed by atoms with Crippen molar-refractivity contribution in [3.8, 4) is 0 Å². The Morgan fingerprint density at radius 3 is 2.58 bits per heavy atom. The van der Waals surface area contributed by atoms with Crippen molar-refractivity contribution in [2.75, 3.05) is 6.54 Å². The van der Waals surface area contributed by atoms with Gasteiger partial charge >= 0.3 is 5.97 Å². The van der Waals surface area contributed by atoms with E-state index in [1.807, 2.05) is 26.0 Å². The number of carboxylic acids is 1. The Morgan fingerprint density at radius 2 is 2.05 bits per heavy atom. The van der Waals surface area contributed by atoms with Gasteiger partial charge in [0.25, 0.3) is 5.91 Å². The van der Waals surface area contributed by atoms with Crippen molar-refractivity contribution in [3.05, 3.63) is 31.8 Å².